The van der Waals surface area contributed by atoms with Gasteiger partial charge in [0.15, 0.2) is 11.5 Å². The first-order chi connectivity index (χ1) is 9.78. The lowest BCUT2D eigenvalue weighted by atomic mass is 9.93. The Morgan fingerprint density at radius 3 is 2.95 bits per heavy atom. The minimum atomic E-state index is 0.509. The van der Waals surface area contributed by atoms with Gasteiger partial charge in [-0.15, -0.1) is 0 Å². The SMILES string of the molecule is CCN1CCC(Nc2cccc3c2OCCO3)C(C)C1. The van der Waals surface area contributed by atoms with Crippen molar-refractivity contribution in [3.8, 4) is 11.5 Å². The van der Waals surface area contributed by atoms with E-state index in [2.05, 4.69) is 30.1 Å². The molecule has 4 heteroatoms. The lowest BCUT2D eigenvalue weighted by molar-refractivity contribution is 0.169. The van der Waals surface area contributed by atoms with E-state index in [0.717, 1.165) is 23.7 Å². The minimum absolute atomic E-state index is 0.509. The van der Waals surface area contributed by atoms with Gasteiger partial charge in [-0.3, -0.25) is 0 Å². The second-order valence-corrected chi connectivity index (χ2v) is 5.74. The summed E-state index contributed by atoms with van der Waals surface area (Å²) in [7, 11) is 0. The van der Waals surface area contributed by atoms with Crippen molar-refractivity contribution in [2.24, 2.45) is 5.92 Å². The summed E-state index contributed by atoms with van der Waals surface area (Å²) in [5.41, 5.74) is 1.07. The van der Waals surface area contributed by atoms with Gasteiger partial charge in [-0.05, 0) is 31.0 Å². The standard InChI is InChI=1S/C16H24N2O2/c1-3-18-8-7-13(12(2)11-18)17-14-5-4-6-15-16(14)20-10-9-19-15/h4-6,12-13,17H,3,7-11H2,1-2H3. The predicted octanol–water partition coefficient (Wildman–Crippen LogP) is 2.60. The molecule has 2 aliphatic heterocycles. The highest BCUT2D eigenvalue weighted by Crippen LogP contribution is 2.38. The zero-order valence-corrected chi connectivity index (χ0v) is 12.4. The Bertz CT molecular complexity index is 464. The van der Waals surface area contributed by atoms with Crippen LogP contribution < -0.4 is 14.8 Å². The second kappa shape index (κ2) is 5.92. The van der Waals surface area contributed by atoms with Crippen LogP contribution in [0.3, 0.4) is 0 Å². The summed E-state index contributed by atoms with van der Waals surface area (Å²) in [4.78, 5) is 2.52. The Labute approximate surface area is 121 Å². The molecule has 4 nitrogen and oxygen atoms in total. The molecule has 0 spiro atoms. The number of fused-ring (bicyclic) bond motifs is 1. The van der Waals surface area contributed by atoms with E-state index in [0.29, 0.717) is 25.2 Å². The monoisotopic (exact) mass is 276 g/mol. The molecule has 3 rings (SSSR count). The smallest absolute Gasteiger partial charge is 0.184 e. The van der Waals surface area contributed by atoms with Crippen molar-refractivity contribution < 1.29 is 9.47 Å². The van der Waals surface area contributed by atoms with E-state index in [1.807, 2.05) is 12.1 Å². The highest BCUT2D eigenvalue weighted by atomic mass is 16.6. The van der Waals surface area contributed by atoms with E-state index in [1.165, 1.54) is 19.5 Å². The quantitative estimate of drug-likeness (QED) is 0.920. The van der Waals surface area contributed by atoms with Crippen LogP contribution in [-0.2, 0) is 0 Å². The van der Waals surface area contributed by atoms with Crippen LogP contribution in [0.2, 0.25) is 0 Å². The molecule has 0 bridgehead atoms. The number of hydrogen-bond acceptors (Lipinski definition) is 4. The van der Waals surface area contributed by atoms with E-state index in [9.17, 15) is 0 Å². The summed E-state index contributed by atoms with van der Waals surface area (Å²) in [5, 5.41) is 3.67. The fourth-order valence-corrected chi connectivity index (χ4v) is 3.12. The first-order valence-electron chi connectivity index (χ1n) is 7.65. The molecule has 2 heterocycles. The van der Waals surface area contributed by atoms with Crippen molar-refractivity contribution in [1.82, 2.24) is 4.90 Å². The molecule has 0 radical (unpaired) electrons. The van der Waals surface area contributed by atoms with Crippen LogP contribution in [0.15, 0.2) is 18.2 Å². The van der Waals surface area contributed by atoms with Crippen LogP contribution in [0, 0.1) is 5.92 Å². The Hall–Kier alpha value is -1.42. The van der Waals surface area contributed by atoms with Gasteiger partial charge in [0.05, 0.1) is 5.69 Å². The molecule has 2 unspecified atom stereocenters. The highest BCUT2D eigenvalue weighted by molar-refractivity contribution is 5.64. The fraction of sp³-hybridized carbons (Fsp3) is 0.625. The van der Waals surface area contributed by atoms with E-state index in [-0.39, 0.29) is 0 Å². The Balaban J connectivity index is 1.72. The van der Waals surface area contributed by atoms with Crippen LogP contribution in [-0.4, -0.2) is 43.8 Å². The maximum absolute atomic E-state index is 5.78. The number of nitrogens with zero attached hydrogens (tertiary/aromatic N) is 1. The van der Waals surface area contributed by atoms with Crippen molar-refractivity contribution in [1.29, 1.82) is 0 Å². The maximum Gasteiger partial charge on any atom is 0.184 e. The van der Waals surface area contributed by atoms with Crippen LogP contribution in [0.25, 0.3) is 0 Å². The number of nitrogens with one attached hydrogen (secondary N) is 1. The highest BCUT2D eigenvalue weighted by Gasteiger charge is 2.26. The zero-order valence-electron chi connectivity index (χ0n) is 12.4. The molecule has 20 heavy (non-hydrogen) atoms. The van der Waals surface area contributed by atoms with Gasteiger partial charge in [-0.2, -0.15) is 0 Å². The van der Waals surface area contributed by atoms with Gasteiger partial charge in [0.1, 0.15) is 13.2 Å². The molecule has 2 aliphatic rings. The molecular weight excluding hydrogens is 252 g/mol. The lowest BCUT2D eigenvalue weighted by Gasteiger charge is -2.37. The van der Waals surface area contributed by atoms with Gasteiger partial charge in [0, 0.05) is 19.1 Å². The number of rotatable bonds is 3. The van der Waals surface area contributed by atoms with E-state index >= 15 is 0 Å². The van der Waals surface area contributed by atoms with E-state index in [4.69, 9.17) is 9.47 Å². The van der Waals surface area contributed by atoms with Gasteiger partial charge in [0.2, 0.25) is 0 Å². The number of piperidine rings is 1. The Kier molecular flexibility index (Phi) is 4.01. The largest absolute Gasteiger partial charge is 0.486 e. The molecule has 1 aromatic rings. The Morgan fingerprint density at radius 1 is 1.30 bits per heavy atom. The van der Waals surface area contributed by atoms with Gasteiger partial charge < -0.3 is 19.7 Å². The first kappa shape index (κ1) is 13.6. The molecule has 0 aromatic heterocycles. The number of anilines is 1. The fourth-order valence-electron chi connectivity index (χ4n) is 3.12. The summed E-state index contributed by atoms with van der Waals surface area (Å²) in [6.45, 7) is 9.32. The van der Waals surface area contributed by atoms with E-state index < -0.39 is 0 Å². The van der Waals surface area contributed by atoms with Crippen LogP contribution in [0.5, 0.6) is 11.5 Å². The van der Waals surface area contributed by atoms with Crippen molar-refractivity contribution in [2.45, 2.75) is 26.3 Å². The third-order valence-electron chi connectivity index (χ3n) is 4.34. The molecule has 1 N–H and O–H groups in total. The first-order valence-corrected chi connectivity index (χ1v) is 7.65. The number of benzene rings is 1. The summed E-state index contributed by atoms with van der Waals surface area (Å²) in [6, 6.07) is 6.60. The molecule has 0 amide bonds. The summed E-state index contributed by atoms with van der Waals surface area (Å²) < 4.78 is 11.4. The normalized spacial score (nSPS) is 26.3. The molecule has 1 aromatic carbocycles. The van der Waals surface area contributed by atoms with E-state index in [1.54, 1.807) is 0 Å². The molecule has 1 saturated heterocycles. The van der Waals surface area contributed by atoms with Gasteiger partial charge in [-0.1, -0.05) is 19.9 Å². The number of ether oxygens (including phenoxy) is 2. The van der Waals surface area contributed by atoms with Gasteiger partial charge in [0.25, 0.3) is 0 Å². The molecule has 110 valence electrons. The van der Waals surface area contributed by atoms with Crippen LogP contribution in [0.4, 0.5) is 5.69 Å². The topological polar surface area (TPSA) is 33.7 Å². The van der Waals surface area contributed by atoms with Gasteiger partial charge in [-0.25, -0.2) is 0 Å². The summed E-state index contributed by atoms with van der Waals surface area (Å²) >= 11 is 0. The molecular formula is C16H24N2O2. The van der Waals surface area contributed by atoms with Crippen molar-refractivity contribution >= 4 is 5.69 Å². The average Bonchev–Trinajstić information content (AvgIpc) is 2.49. The maximum atomic E-state index is 5.78. The molecule has 1 fully saturated rings. The van der Waals surface area contributed by atoms with Crippen LogP contribution in [0.1, 0.15) is 20.3 Å². The van der Waals surface area contributed by atoms with Crippen molar-refractivity contribution in [3.05, 3.63) is 18.2 Å². The number of hydrogen-bond donors (Lipinski definition) is 1. The Morgan fingerprint density at radius 2 is 2.15 bits per heavy atom. The van der Waals surface area contributed by atoms with Crippen molar-refractivity contribution in [2.75, 3.05) is 38.2 Å². The molecule has 0 saturated carbocycles. The third-order valence-corrected chi connectivity index (χ3v) is 4.34. The lowest BCUT2D eigenvalue weighted by Crippen LogP contribution is -2.45. The second-order valence-electron chi connectivity index (χ2n) is 5.74. The number of para-hydroxylation sites is 1. The number of likely N-dealkylation sites (tertiary alicyclic amines) is 1. The minimum Gasteiger partial charge on any atom is -0.486 e. The molecule has 2 atom stereocenters. The zero-order chi connectivity index (χ0) is 13.9. The average molecular weight is 276 g/mol. The molecule has 0 aliphatic carbocycles. The van der Waals surface area contributed by atoms with Crippen molar-refractivity contribution in [3.63, 3.8) is 0 Å². The predicted molar refractivity (Wildman–Crippen MR) is 80.7 cm³/mol. The van der Waals surface area contributed by atoms with Crippen LogP contribution >= 0.6 is 0 Å². The summed E-state index contributed by atoms with van der Waals surface area (Å²) in [5.74, 6) is 2.38. The van der Waals surface area contributed by atoms with Gasteiger partial charge >= 0.3 is 0 Å². The summed E-state index contributed by atoms with van der Waals surface area (Å²) in [6.07, 6.45) is 1.18. The third kappa shape index (κ3) is 2.70.